The van der Waals surface area contributed by atoms with Gasteiger partial charge in [-0.1, -0.05) is 37.1 Å². The van der Waals surface area contributed by atoms with E-state index in [2.05, 4.69) is 15.5 Å². The van der Waals surface area contributed by atoms with Gasteiger partial charge >= 0.3 is 0 Å². The predicted octanol–water partition coefficient (Wildman–Crippen LogP) is 4.83. The van der Waals surface area contributed by atoms with Gasteiger partial charge in [0.25, 0.3) is 0 Å². The van der Waals surface area contributed by atoms with Gasteiger partial charge in [-0.15, -0.1) is 11.3 Å². The second-order valence-electron chi connectivity index (χ2n) is 7.50. The van der Waals surface area contributed by atoms with Crippen LogP contribution in [0.15, 0.2) is 63.9 Å². The summed E-state index contributed by atoms with van der Waals surface area (Å²) in [5.41, 5.74) is 5.25. The maximum Gasteiger partial charge on any atom is 0.243 e. The number of aromatic nitrogens is 1. The molecule has 1 aliphatic rings. The minimum absolute atomic E-state index is 0.314. The highest BCUT2D eigenvalue weighted by Crippen LogP contribution is 2.28. The zero-order valence-corrected chi connectivity index (χ0v) is 19.5. The first-order valence-electron chi connectivity index (χ1n) is 10.6. The lowest BCUT2D eigenvalue weighted by molar-refractivity contribution is 0.414. The third-order valence-electron chi connectivity index (χ3n) is 5.34. The number of sulfonamides is 1. The van der Waals surface area contributed by atoms with Crippen LogP contribution in [0.2, 0.25) is 0 Å². The van der Waals surface area contributed by atoms with Crippen molar-refractivity contribution in [1.29, 1.82) is 0 Å². The Labute approximate surface area is 192 Å². The van der Waals surface area contributed by atoms with Crippen LogP contribution in [0, 0.1) is 0 Å². The van der Waals surface area contributed by atoms with Crippen LogP contribution in [0.25, 0.3) is 11.3 Å². The maximum atomic E-state index is 13.1. The van der Waals surface area contributed by atoms with Crippen LogP contribution in [-0.2, 0) is 10.0 Å². The van der Waals surface area contributed by atoms with Gasteiger partial charge in [0.2, 0.25) is 15.2 Å². The number of hydrogen-bond donors (Lipinski definition) is 1. The molecule has 0 amide bonds. The minimum atomic E-state index is -3.50. The molecule has 32 heavy (non-hydrogen) atoms. The molecule has 0 spiro atoms. The fourth-order valence-corrected chi connectivity index (χ4v) is 5.87. The molecule has 0 aliphatic carbocycles. The van der Waals surface area contributed by atoms with Crippen LogP contribution in [0.5, 0.6) is 5.75 Å². The van der Waals surface area contributed by atoms with E-state index in [0.29, 0.717) is 28.8 Å². The van der Waals surface area contributed by atoms with Gasteiger partial charge in [0.1, 0.15) is 5.75 Å². The van der Waals surface area contributed by atoms with Crippen LogP contribution < -0.4 is 10.2 Å². The summed E-state index contributed by atoms with van der Waals surface area (Å²) < 4.78 is 33.2. The number of hydrazone groups is 1. The third kappa shape index (κ3) is 5.17. The molecule has 1 N–H and O–H groups in total. The Hall–Kier alpha value is -2.75. The first kappa shape index (κ1) is 22.4. The fraction of sp³-hybridized carbons (Fsp3) is 0.304. The van der Waals surface area contributed by atoms with Crippen LogP contribution in [-0.4, -0.2) is 44.1 Å². The largest absolute Gasteiger partial charge is 0.496 e. The topological polar surface area (TPSA) is 83.9 Å². The molecule has 1 fully saturated rings. The molecule has 168 valence electrons. The molecule has 2 aromatic carbocycles. The van der Waals surface area contributed by atoms with Crippen molar-refractivity contribution in [2.24, 2.45) is 5.10 Å². The molecule has 0 unspecified atom stereocenters. The highest BCUT2D eigenvalue weighted by atomic mass is 32.2. The molecule has 4 rings (SSSR count). The summed E-state index contributed by atoms with van der Waals surface area (Å²) in [7, 11) is -1.88. The van der Waals surface area contributed by atoms with E-state index < -0.39 is 10.0 Å². The van der Waals surface area contributed by atoms with Gasteiger partial charge in [0, 0.05) is 29.6 Å². The SMILES string of the molecule is COc1ccccc1/C=N/Nc1nc(-c2cccc(S(=O)(=O)N3CCCCCC3)c2)cs1. The summed E-state index contributed by atoms with van der Waals surface area (Å²) in [4.78, 5) is 4.87. The number of hydrogen-bond acceptors (Lipinski definition) is 7. The Bertz CT molecular complexity index is 1180. The van der Waals surface area contributed by atoms with Crippen LogP contribution in [0.3, 0.4) is 0 Å². The molecular formula is C23H26N4O3S2. The summed E-state index contributed by atoms with van der Waals surface area (Å²) >= 11 is 1.41. The second-order valence-corrected chi connectivity index (χ2v) is 10.3. The molecule has 1 aliphatic heterocycles. The standard InChI is InChI=1S/C23H26N4O3S2/c1-30-22-12-5-4-9-19(22)16-24-26-23-25-21(17-31-23)18-10-8-11-20(15-18)32(28,29)27-13-6-2-3-7-14-27/h4-5,8-12,15-17H,2-3,6-7,13-14H2,1H3,(H,25,26)/b24-16+. The lowest BCUT2D eigenvalue weighted by Crippen LogP contribution is -2.31. The molecular weight excluding hydrogens is 444 g/mol. The van der Waals surface area contributed by atoms with Gasteiger partial charge in [-0.25, -0.2) is 13.4 Å². The van der Waals surface area contributed by atoms with Crippen molar-refractivity contribution in [3.63, 3.8) is 0 Å². The normalized spacial score (nSPS) is 15.5. The Balaban J connectivity index is 1.49. The number of thiazole rings is 1. The van der Waals surface area contributed by atoms with E-state index in [4.69, 9.17) is 4.74 Å². The zero-order chi connectivity index (χ0) is 22.4. The summed E-state index contributed by atoms with van der Waals surface area (Å²) in [6.45, 7) is 1.17. The smallest absolute Gasteiger partial charge is 0.243 e. The summed E-state index contributed by atoms with van der Waals surface area (Å²) in [6, 6.07) is 14.6. The van der Waals surface area contributed by atoms with Gasteiger partial charge in [0.15, 0.2) is 0 Å². The third-order valence-corrected chi connectivity index (χ3v) is 7.98. The Morgan fingerprint density at radius 1 is 1.09 bits per heavy atom. The van der Waals surface area contributed by atoms with E-state index in [9.17, 15) is 8.42 Å². The number of methoxy groups -OCH3 is 1. The van der Waals surface area contributed by atoms with E-state index in [0.717, 1.165) is 42.6 Å². The number of nitrogens with one attached hydrogen (secondary N) is 1. The summed E-state index contributed by atoms with van der Waals surface area (Å²) in [6.07, 6.45) is 5.67. The first-order valence-corrected chi connectivity index (χ1v) is 12.9. The molecule has 3 aromatic rings. The quantitative estimate of drug-likeness (QED) is 0.395. The number of ether oxygens (including phenoxy) is 1. The highest BCUT2D eigenvalue weighted by molar-refractivity contribution is 7.89. The Morgan fingerprint density at radius 2 is 1.88 bits per heavy atom. The van der Waals surface area contributed by atoms with Crippen LogP contribution in [0.4, 0.5) is 5.13 Å². The van der Waals surface area contributed by atoms with Crippen molar-refractivity contribution in [3.05, 3.63) is 59.5 Å². The summed E-state index contributed by atoms with van der Waals surface area (Å²) in [5.74, 6) is 0.736. The zero-order valence-electron chi connectivity index (χ0n) is 17.9. The van der Waals surface area contributed by atoms with E-state index in [1.807, 2.05) is 35.7 Å². The van der Waals surface area contributed by atoms with E-state index in [-0.39, 0.29) is 0 Å². The van der Waals surface area contributed by atoms with Crippen LogP contribution >= 0.6 is 11.3 Å². The van der Waals surface area contributed by atoms with Crippen molar-refractivity contribution >= 4 is 32.7 Å². The highest BCUT2D eigenvalue weighted by Gasteiger charge is 2.25. The molecule has 0 radical (unpaired) electrons. The van der Waals surface area contributed by atoms with Gasteiger partial charge < -0.3 is 4.74 Å². The molecule has 0 saturated carbocycles. The van der Waals surface area contributed by atoms with Crippen molar-refractivity contribution in [1.82, 2.24) is 9.29 Å². The predicted molar refractivity (Wildman–Crippen MR) is 129 cm³/mol. The monoisotopic (exact) mass is 470 g/mol. The lowest BCUT2D eigenvalue weighted by Gasteiger charge is -2.20. The van der Waals surface area contributed by atoms with E-state index in [1.165, 1.54) is 11.3 Å². The van der Waals surface area contributed by atoms with Crippen molar-refractivity contribution in [2.75, 3.05) is 25.6 Å². The van der Waals surface area contributed by atoms with Crippen LogP contribution in [0.1, 0.15) is 31.2 Å². The number of rotatable bonds is 7. The van der Waals surface area contributed by atoms with Gasteiger partial charge in [-0.05, 0) is 37.1 Å². The van der Waals surface area contributed by atoms with Gasteiger partial charge in [0.05, 0.1) is 23.9 Å². The van der Waals surface area contributed by atoms with Crippen molar-refractivity contribution in [3.8, 4) is 17.0 Å². The molecule has 1 saturated heterocycles. The number of benzene rings is 2. The molecule has 7 nitrogen and oxygen atoms in total. The first-order chi connectivity index (χ1) is 15.6. The Kier molecular flexibility index (Phi) is 7.19. The Morgan fingerprint density at radius 3 is 2.66 bits per heavy atom. The number of para-hydroxylation sites is 1. The number of nitrogens with zero attached hydrogens (tertiary/aromatic N) is 3. The lowest BCUT2D eigenvalue weighted by atomic mass is 10.2. The molecule has 0 bridgehead atoms. The maximum absolute atomic E-state index is 13.1. The van der Waals surface area contributed by atoms with Gasteiger partial charge in [-0.2, -0.15) is 9.41 Å². The molecule has 9 heteroatoms. The van der Waals surface area contributed by atoms with E-state index in [1.54, 1.807) is 35.8 Å². The fourth-order valence-electron chi connectivity index (χ4n) is 3.63. The minimum Gasteiger partial charge on any atom is -0.496 e. The number of anilines is 1. The summed E-state index contributed by atoms with van der Waals surface area (Å²) in [5, 5.41) is 6.75. The molecule has 0 atom stereocenters. The van der Waals surface area contributed by atoms with Gasteiger partial charge in [-0.3, -0.25) is 5.43 Å². The average molecular weight is 471 g/mol. The second kappa shape index (κ2) is 10.2. The van der Waals surface area contributed by atoms with Crippen molar-refractivity contribution in [2.45, 2.75) is 30.6 Å². The van der Waals surface area contributed by atoms with E-state index >= 15 is 0 Å². The molecule has 2 heterocycles. The van der Waals surface area contributed by atoms with Crippen molar-refractivity contribution < 1.29 is 13.2 Å². The molecule has 1 aromatic heterocycles. The average Bonchev–Trinajstić information content (AvgIpc) is 3.11.